The van der Waals surface area contributed by atoms with Gasteiger partial charge in [0.15, 0.2) is 0 Å². The van der Waals surface area contributed by atoms with E-state index in [0.717, 1.165) is 39.4 Å². The van der Waals surface area contributed by atoms with Crippen LogP contribution in [0.3, 0.4) is 0 Å². The Morgan fingerprint density at radius 3 is 1.73 bits per heavy atom. The van der Waals surface area contributed by atoms with Gasteiger partial charge in [0.2, 0.25) is 0 Å². The van der Waals surface area contributed by atoms with Crippen molar-refractivity contribution in [1.82, 2.24) is 9.80 Å². The fraction of sp³-hybridized carbons (Fsp3) is 0.889. The molecule has 2 saturated carbocycles. The second-order valence-electron chi connectivity index (χ2n) is 7.11. The lowest BCUT2D eigenvalue weighted by Crippen LogP contribution is -2.49. The van der Waals surface area contributed by atoms with E-state index >= 15 is 0 Å². The molecule has 2 aliphatic heterocycles. The average molecular weight is 304 g/mol. The van der Waals surface area contributed by atoms with Crippen LogP contribution in [-0.4, -0.2) is 73.5 Å². The van der Waals surface area contributed by atoms with Crippen LogP contribution < -0.4 is 0 Å². The minimum Gasteiger partial charge on any atom is -0.375 e. The van der Waals surface area contributed by atoms with Crippen molar-refractivity contribution in [1.29, 1.82) is 0 Å². The van der Waals surface area contributed by atoms with Gasteiger partial charge in [-0.15, -0.1) is 0 Å². The lowest BCUT2D eigenvalue weighted by atomic mass is 10.1. The molecule has 0 aromatic heterocycles. The zero-order valence-corrected chi connectivity index (χ0v) is 13.5. The van der Waals surface area contributed by atoms with E-state index in [2.05, 4.69) is 21.6 Å². The van der Waals surface area contributed by atoms with Crippen LogP contribution in [0.15, 0.2) is 0 Å². The highest BCUT2D eigenvalue weighted by molar-refractivity contribution is 5.07. The number of hydrogen-bond donors (Lipinski definition) is 0. The van der Waals surface area contributed by atoms with E-state index in [9.17, 15) is 0 Å². The molecule has 2 aliphatic carbocycles. The number of ether oxygens (including phenoxy) is 2. The highest BCUT2D eigenvalue weighted by Gasteiger charge is 2.36. The second-order valence-corrected chi connectivity index (χ2v) is 7.11. The van der Waals surface area contributed by atoms with Crippen LogP contribution in [0.2, 0.25) is 0 Å². The van der Waals surface area contributed by atoms with Crippen molar-refractivity contribution in [3.63, 3.8) is 0 Å². The molecule has 0 spiro atoms. The van der Waals surface area contributed by atoms with Crippen molar-refractivity contribution >= 4 is 0 Å². The van der Waals surface area contributed by atoms with E-state index in [4.69, 9.17) is 9.47 Å². The summed E-state index contributed by atoms with van der Waals surface area (Å²) in [4.78, 5) is 5.09. The minimum atomic E-state index is 0.481. The molecule has 4 rings (SSSR count). The van der Waals surface area contributed by atoms with Gasteiger partial charge in [-0.25, -0.2) is 0 Å². The molecule has 4 nitrogen and oxygen atoms in total. The first-order valence-electron chi connectivity index (χ1n) is 9.09. The molecule has 0 aromatic rings. The van der Waals surface area contributed by atoms with Crippen LogP contribution in [0.1, 0.15) is 38.5 Å². The Bertz CT molecular complexity index is 406. The zero-order chi connectivity index (χ0) is 14.8. The Kier molecular flexibility index (Phi) is 4.68. The minimum absolute atomic E-state index is 0.481. The molecule has 4 heteroatoms. The Balaban J connectivity index is 1.28. The van der Waals surface area contributed by atoms with Crippen LogP contribution in [0, 0.1) is 11.8 Å². The van der Waals surface area contributed by atoms with Crippen molar-refractivity contribution in [3.05, 3.63) is 0 Å². The van der Waals surface area contributed by atoms with E-state index in [1.54, 1.807) is 0 Å². The van der Waals surface area contributed by atoms with Gasteiger partial charge in [-0.1, -0.05) is 11.8 Å². The van der Waals surface area contributed by atoms with Gasteiger partial charge in [0.25, 0.3) is 0 Å². The molecule has 22 heavy (non-hydrogen) atoms. The number of rotatable bonds is 2. The summed E-state index contributed by atoms with van der Waals surface area (Å²) in [7, 11) is 0. The van der Waals surface area contributed by atoms with Gasteiger partial charge in [0, 0.05) is 25.2 Å². The maximum atomic E-state index is 5.87. The van der Waals surface area contributed by atoms with Crippen LogP contribution in [0.5, 0.6) is 0 Å². The maximum absolute atomic E-state index is 5.87. The monoisotopic (exact) mass is 304 g/mol. The first-order chi connectivity index (χ1) is 10.9. The molecule has 0 radical (unpaired) electrons. The van der Waals surface area contributed by atoms with Crippen molar-refractivity contribution < 1.29 is 9.47 Å². The third-order valence-electron chi connectivity index (χ3n) is 5.88. The van der Waals surface area contributed by atoms with Gasteiger partial charge < -0.3 is 9.47 Å². The molecule has 0 N–H and O–H groups in total. The van der Waals surface area contributed by atoms with Crippen molar-refractivity contribution in [2.45, 2.75) is 62.8 Å². The Labute approximate surface area is 134 Å². The van der Waals surface area contributed by atoms with E-state index in [1.807, 2.05) is 0 Å². The molecule has 2 heterocycles. The number of hydrogen-bond acceptors (Lipinski definition) is 4. The predicted octanol–water partition coefficient (Wildman–Crippen LogP) is 1.50. The first-order valence-corrected chi connectivity index (χ1v) is 9.09. The SMILES string of the molecule is C(#CCN1CCO[C@H]2CCC[C@H]21)CN1CCO[C@H]2CCC[C@H]21. The Morgan fingerprint density at radius 2 is 1.23 bits per heavy atom. The average Bonchev–Trinajstić information content (AvgIpc) is 3.20. The molecule has 4 aliphatic rings. The summed E-state index contributed by atoms with van der Waals surface area (Å²) in [6.45, 7) is 5.72. The fourth-order valence-corrected chi connectivity index (χ4v) is 4.72. The molecular weight excluding hydrogens is 276 g/mol. The van der Waals surface area contributed by atoms with Crippen molar-refractivity contribution in [2.24, 2.45) is 0 Å². The molecule has 122 valence electrons. The molecule has 0 aromatic carbocycles. The summed E-state index contributed by atoms with van der Waals surface area (Å²) in [5.41, 5.74) is 0. The smallest absolute Gasteiger partial charge is 0.0731 e. The molecule has 4 fully saturated rings. The van der Waals surface area contributed by atoms with Gasteiger partial charge in [-0.05, 0) is 38.5 Å². The van der Waals surface area contributed by atoms with Crippen molar-refractivity contribution in [2.75, 3.05) is 39.4 Å². The first kappa shape index (κ1) is 15.0. The summed E-state index contributed by atoms with van der Waals surface area (Å²) in [5, 5.41) is 0. The van der Waals surface area contributed by atoms with E-state index in [1.165, 1.54) is 38.5 Å². The standard InChI is InChI=1S/C18H28N2O2/c1(9-19-11-13-21-17-7-3-5-15(17)19)2-10-20-12-14-22-18-8-4-6-16(18)20/h15-18H,3-14H2/t15-,16-,17+,18+/m1/s1. The molecule has 2 saturated heterocycles. The number of morpholine rings is 2. The van der Waals surface area contributed by atoms with E-state index in [-0.39, 0.29) is 0 Å². The van der Waals surface area contributed by atoms with Gasteiger partial charge in [-0.3, -0.25) is 9.80 Å². The zero-order valence-electron chi connectivity index (χ0n) is 13.5. The van der Waals surface area contributed by atoms with E-state index in [0.29, 0.717) is 24.3 Å². The quantitative estimate of drug-likeness (QED) is 0.722. The van der Waals surface area contributed by atoms with E-state index < -0.39 is 0 Å². The van der Waals surface area contributed by atoms with Crippen LogP contribution >= 0.6 is 0 Å². The molecule has 0 unspecified atom stereocenters. The maximum Gasteiger partial charge on any atom is 0.0731 e. The van der Waals surface area contributed by atoms with Gasteiger partial charge >= 0.3 is 0 Å². The molecular formula is C18H28N2O2. The van der Waals surface area contributed by atoms with Crippen LogP contribution in [0.4, 0.5) is 0 Å². The summed E-state index contributed by atoms with van der Waals surface area (Å²) in [5.74, 6) is 6.87. The lowest BCUT2D eigenvalue weighted by molar-refractivity contribution is -0.0513. The third-order valence-corrected chi connectivity index (χ3v) is 5.88. The normalized spacial score (nSPS) is 39.1. The highest BCUT2D eigenvalue weighted by Crippen LogP contribution is 2.30. The van der Waals surface area contributed by atoms with Gasteiger partial charge in [-0.2, -0.15) is 0 Å². The Morgan fingerprint density at radius 1 is 0.727 bits per heavy atom. The summed E-state index contributed by atoms with van der Waals surface area (Å²) in [6.07, 6.45) is 8.66. The van der Waals surface area contributed by atoms with Gasteiger partial charge in [0.05, 0.1) is 38.5 Å². The highest BCUT2D eigenvalue weighted by atomic mass is 16.5. The number of fused-ring (bicyclic) bond motifs is 2. The van der Waals surface area contributed by atoms with Crippen LogP contribution in [0.25, 0.3) is 0 Å². The fourth-order valence-electron chi connectivity index (χ4n) is 4.72. The summed E-state index contributed by atoms with van der Waals surface area (Å²) >= 11 is 0. The molecule has 0 bridgehead atoms. The van der Waals surface area contributed by atoms with Crippen molar-refractivity contribution in [3.8, 4) is 11.8 Å². The van der Waals surface area contributed by atoms with Gasteiger partial charge in [0.1, 0.15) is 0 Å². The summed E-state index contributed by atoms with van der Waals surface area (Å²) in [6, 6.07) is 1.26. The molecule has 4 atom stereocenters. The summed E-state index contributed by atoms with van der Waals surface area (Å²) < 4.78 is 11.7. The van der Waals surface area contributed by atoms with Crippen LogP contribution in [-0.2, 0) is 9.47 Å². The third kappa shape index (κ3) is 3.05. The topological polar surface area (TPSA) is 24.9 Å². The second kappa shape index (κ2) is 6.88. The lowest BCUT2D eigenvalue weighted by Gasteiger charge is -2.37. The predicted molar refractivity (Wildman–Crippen MR) is 85.7 cm³/mol. The Hall–Kier alpha value is -0.600. The number of nitrogens with zero attached hydrogens (tertiary/aromatic N) is 2. The largest absolute Gasteiger partial charge is 0.375 e. The molecule has 0 amide bonds.